The van der Waals surface area contributed by atoms with Crippen molar-refractivity contribution in [2.24, 2.45) is 0 Å². The number of aromatic amines is 1. The lowest BCUT2D eigenvalue weighted by atomic mass is 10.1. The Balaban J connectivity index is 1.14. The average molecular weight is 540 g/mol. The highest BCUT2D eigenvalue weighted by atomic mass is 35.5. The van der Waals surface area contributed by atoms with Gasteiger partial charge in [0.2, 0.25) is 5.95 Å². The number of benzene rings is 2. The molecule has 1 saturated heterocycles. The lowest BCUT2D eigenvalue weighted by molar-refractivity contribution is 0.0951. The fourth-order valence-corrected chi connectivity index (χ4v) is 4.71. The molecule has 3 heterocycles. The first-order valence-corrected chi connectivity index (χ1v) is 12.8. The van der Waals surface area contributed by atoms with Crippen molar-refractivity contribution in [2.75, 3.05) is 51.3 Å². The molecule has 1 aliphatic heterocycles. The second kappa shape index (κ2) is 11.3. The molecule has 1 amide bonds. The third kappa shape index (κ3) is 5.79. The third-order valence-electron chi connectivity index (χ3n) is 6.39. The number of anilines is 1. The van der Waals surface area contributed by atoms with Crippen LogP contribution in [0.15, 0.2) is 48.8 Å². The zero-order valence-electron chi connectivity index (χ0n) is 20.4. The van der Waals surface area contributed by atoms with Crippen molar-refractivity contribution in [3.63, 3.8) is 0 Å². The standard InChI is InChI=1S/C26H27Cl2N7O2/c1-37-23-14-17(4-5-18(23)24-32-21-15-19(27)20(28)16-22(21)33-24)25(36)29-8-3-9-34-10-12-35(13-11-34)26-30-6-2-7-31-26/h2,4-7,14-16H,3,8-13H2,1H3,(H,29,36)(H,32,33). The van der Waals surface area contributed by atoms with Gasteiger partial charge in [0, 0.05) is 50.7 Å². The van der Waals surface area contributed by atoms with E-state index in [0.717, 1.165) is 56.2 Å². The largest absolute Gasteiger partial charge is 0.496 e. The highest BCUT2D eigenvalue weighted by Gasteiger charge is 2.19. The summed E-state index contributed by atoms with van der Waals surface area (Å²) in [6.45, 7) is 5.21. The Labute approximate surface area is 224 Å². The second-order valence-electron chi connectivity index (χ2n) is 8.77. The van der Waals surface area contributed by atoms with E-state index in [4.69, 9.17) is 27.9 Å². The summed E-state index contributed by atoms with van der Waals surface area (Å²) in [4.78, 5) is 33.9. The monoisotopic (exact) mass is 539 g/mol. The second-order valence-corrected chi connectivity index (χ2v) is 9.59. The molecular weight excluding hydrogens is 513 g/mol. The van der Waals surface area contributed by atoms with E-state index >= 15 is 0 Å². The lowest BCUT2D eigenvalue weighted by Gasteiger charge is -2.34. The molecule has 2 aromatic heterocycles. The van der Waals surface area contributed by atoms with Gasteiger partial charge in [0.1, 0.15) is 11.6 Å². The number of piperazine rings is 1. The quantitative estimate of drug-likeness (QED) is 0.322. The zero-order valence-corrected chi connectivity index (χ0v) is 21.9. The van der Waals surface area contributed by atoms with Gasteiger partial charge in [-0.3, -0.25) is 9.69 Å². The molecule has 0 spiro atoms. The Bertz CT molecular complexity index is 1350. The number of hydrogen-bond acceptors (Lipinski definition) is 7. The van der Waals surface area contributed by atoms with E-state index in [9.17, 15) is 4.79 Å². The molecule has 9 nitrogen and oxygen atoms in total. The van der Waals surface area contributed by atoms with Crippen LogP contribution in [-0.2, 0) is 0 Å². The fourth-order valence-electron chi connectivity index (χ4n) is 4.39. The molecule has 192 valence electrons. The van der Waals surface area contributed by atoms with Gasteiger partial charge in [-0.25, -0.2) is 15.0 Å². The summed E-state index contributed by atoms with van der Waals surface area (Å²) < 4.78 is 5.57. The number of methoxy groups -OCH3 is 1. The number of nitrogens with zero attached hydrogens (tertiary/aromatic N) is 5. The number of ether oxygens (including phenoxy) is 1. The first-order valence-electron chi connectivity index (χ1n) is 12.1. The highest BCUT2D eigenvalue weighted by Crippen LogP contribution is 2.33. The molecule has 0 radical (unpaired) electrons. The molecule has 37 heavy (non-hydrogen) atoms. The minimum Gasteiger partial charge on any atom is -0.496 e. The van der Waals surface area contributed by atoms with Gasteiger partial charge in [-0.15, -0.1) is 0 Å². The number of carbonyl (C=O) groups is 1. The topological polar surface area (TPSA) is 99.3 Å². The van der Waals surface area contributed by atoms with Gasteiger partial charge in [-0.2, -0.15) is 0 Å². The molecule has 0 atom stereocenters. The van der Waals surface area contributed by atoms with Crippen molar-refractivity contribution >= 4 is 46.1 Å². The summed E-state index contributed by atoms with van der Waals surface area (Å²) in [5.41, 5.74) is 2.73. The lowest BCUT2D eigenvalue weighted by Crippen LogP contribution is -2.47. The fraction of sp³-hybridized carbons (Fsp3) is 0.308. The average Bonchev–Trinajstić information content (AvgIpc) is 3.34. The first kappa shape index (κ1) is 25.3. The minimum atomic E-state index is -0.140. The Hall–Kier alpha value is -3.40. The van der Waals surface area contributed by atoms with E-state index in [-0.39, 0.29) is 5.91 Å². The molecular formula is C26H27Cl2N7O2. The summed E-state index contributed by atoms with van der Waals surface area (Å²) in [5, 5.41) is 3.90. The normalized spacial score (nSPS) is 14.2. The van der Waals surface area contributed by atoms with Gasteiger partial charge < -0.3 is 19.9 Å². The number of rotatable bonds is 8. The maximum Gasteiger partial charge on any atom is 0.251 e. The van der Waals surface area contributed by atoms with Crippen LogP contribution in [0, 0.1) is 0 Å². The number of nitrogens with one attached hydrogen (secondary N) is 2. The predicted octanol–water partition coefficient (Wildman–Crippen LogP) is 4.28. The molecule has 2 aromatic carbocycles. The van der Waals surface area contributed by atoms with E-state index in [2.05, 4.69) is 35.1 Å². The van der Waals surface area contributed by atoms with Gasteiger partial charge in [-0.05, 0) is 49.4 Å². The van der Waals surface area contributed by atoms with E-state index in [1.807, 2.05) is 12.1 Å². The molecule has 0 unspecified atom stereocenters. The number of hydrogen-bond donors (Lipinski definition) is 2. The minimum absolute atomic E-state index is 0.140. The Morgan fingerprint density at radius 3 is 2.59 bits per heavy atom. The Morgan fingerprint density at radius 1 is 1.08 bits per heavy atom. The van der Waals surface area contributed by atoms with Gasteiger partial charge >= 0.3 is 0 Å². The van der Waals surface area contributed by atoms with Crippen LogP contribution in [-0.4, -0.2) is 77.1 Å². The van der Waals surface area contributed by atoms with Crippen LogP contribution >= 0.6 is 23.2 Å². The third-order valence-corrected chi connectivity index (χ3v) is 7.11. The number of fused-ring (bicyclic) bond motifs is 1. The summed E-state index contributed by atoms with van der Waals surface area (Å²) >= 11 is 12.2. The van der Waals surface area contributed by atoms with Crippen LogP contribution < -0.4 is 15.0 Å². The molecule has 11 heteroatoms. The summed E-state index contributed by atoms with van der Waals surface area (Å²) in [5.74, 6) is 1.80. The van der Waals surface area contributed by atoms with Gasteiger partial charge in [0.05, 0.1) is 33.8 Å². The number of halogens is 2. The van der Waals surface area contributed by atoms with Crippen LogP contribution in [0.1, 0.15) is 16.8 Å². The highest BCUT2D eigenvalue weighted by molar-refractivity contribution is 6.42. The van der Waals surface area contributed by atoms with E-state index < -0.39 is 0 Å². The van der Waals surface area contributed by atoms with Crippen LogP contribution in [0.25, 0.3) is 22.4 Å². The smallest absolute Gasteiger partial charge is 0.251 e. The molecule has 0 bridgehead atoms. The van der Waals surface area contributed by atoms with Crippen LogP contribution in [0.2, 0.25) is 10.0 Å². The molecule has 1 fully saturated rings. The summed E-state index contributed by atoms with van der Waals surface area (Å²) in [6, 6.07) is 10.6. The predicted molar refractivity (Wildman–Crippen MR) is 146 cm³/mol. The molecule has 2 N–H and O–H groups in total. The summed E-state index contributed by atoms with van der Waals surface area (Å²) in [7, 11) is 1.57. The number of H-pyrrole nitrogens is 1. The van der Waals surface area contributed by atoms with Crippen LogP contribution in [0.4, 0.5) is 5.95 Å². The summed E-state index contributed by atoms with van der Waals surface area (Å²) in [6.07, 6.45) is 4.41. The van der Waals surface area contributed by atoms with Crippen LogP contribution in [0.5, 0.6) is 5.75 Å². The zero-order chi connectivity index (χ0) is 25.8. The number of amides is 1. The van der Waals surface area contributed by atoms with E-state index in [1.165, 1.54) is 0 Å². The molecule has 1 aliphatic rings. The van der Waals surface area contributed by atoms with Gasteiger partial charge in [0.25, 0.3) is 5.91 Å². The van der Waals surface area contributed by atoms with E-state index in [1.54, 1.807) is 43.8 Å². The van der Waals surface area contributed by atoms with Crippen molar-refractivity contribution in [3.8, 4) is 17.1 Å². The Morgan fingerprint density at radius 2 is 1.84 bits per heavy atom. The van der Waals surface area contributed by atoms with Crippen molar-refractivity contribution in [1.29, 1.82) is 0 Å². The van der Waals surface area contributed by atoms with Crippen LogP contribution in [0.3, 0.4) is 0 Å². The number of aromatic nitrogens is 4. The Kier molecular flexibility index (Phi) is 7.73. The SMILES string of the molecule is COc1cc(C(=O)NCCCN2CCN(c3ncccn3)CC2)ccc1-c1nc2cc(Cl)c(Cl)cc2[nH]1. The first-order chi connectivity index (χ1) is 18.0. The molecule has 5 rings (SSSR count). The van der Waals surface area contributed by atoms with E-state index in [0.29, 0.717) is 39.2 Å². The maximum atomic E-state index is 12.8. The number of imidazole rings is 1. The molecule has 0 aliphatic carbocycles. The van der Waals surface area contributed by atoms with Crippen molar-refractivity contribution < 1.29 is 9.53 Å². The van der Waals surface area contributed by atoms with Crippen molar-refractivity contribution in [2.45, 2.75) is 6.42 Å². The molecule has 0 saturated carbocycles. The molecule has 4 aromatic rings. The van der Waals surface area contributed by atoms with Crippen molar-refractivity contribution in [1.82, 2.24) is 30.2 Å². The van der Waals surface area contributed by atoms with Gasteiger partial charge in [0.15, 0.2) is 0 Å². The maximum absolute atomic E-state index is 12.8. The van der Waals surface area contributed by atoms with Gasteiger partial charge in [-0.1, -0.05) is 23.2 Å². The van der Waals surface area contributed by atoms with Crippen molar-refractivity contribution in [3.05, 3.63) is 64.4 Å². The number of carbonyl (C=O) groups excluding carboxylic acids is 1.